The highest BCUT2D eigenvalue weighted by molar-refractivity contribution is 7.22. The second kappa shape index (κ2) is 44.9. The molecular weight excluding hydrogens is 1890 g/mol. The van der Waals surface area contributed by atoms with Gasteiger partial charge in [-0.15, -0.1) is 45.3 Å². The van der Waals surface area contributed by atoms with Crippen LogP contribution in [0.3, 0.4) is 0 Å². The third-order valence-electron chi connectivity index (χ3n) is 26.8. The molecule has 12 aromatic carbocycles. The number of hydrogen-bond acceptors (Lipinski definition) is 20. The largest absolute Gasteiger partial charge is 0.508 e. The number of likely N-dealkylation sites (tertiary alicyclic amines) is 4. The predicted molar refractivity (Wildman–Crippen MR) is 564 cm³/mol. The lowest BCUT2D eigenvalue weighted by atomic mass is 10.0. The van der Waals surface area contributed by atoms with Crippen molar-refractivity contribution in [1.29, 1.82) is 0 Å². The van der Waals surface area contributed by atoms with E-state index in [0.29, 0.717) is 92.2 Å². The number of carbonyl (C=O) groups is 4. The Kier molecular flexibility index (Phi) is 31.9. The van der Waals surface area contributed by atoms with Gasteiger partial charge in [-0.2, -0.15) is 13.2 Å². The molecule has 4 fully saturated rings. The molecule has 4 N–H and O–H groups in total. The third-order valence-corrected chi connectivity index (χ3v) is 31.5. The van der Waals surface area contributed by atoms with Gasteiger partial charge in [0.1, 0.15) is 71.3 Å². The van der Waals surface area contributed by atoms with Crippen molar-refractivity contribution in [2.75, 3.05) is 78.5 Å². The van der Waals surface area contributed by atoms with E-state index in [1.54, 1.807) is 79.7 Å². The summed E-state index contributed by atoms with van der Waals surface area (Å²) in [6.45, 7) is 30.3. The fourth-order valence-electron chi connectivity index (χ4n) is 18.9. The van der Waals surface area contributed by atoms with E-state index in [2.05, 4.69) is 83.7 Å². The van der Waals surface area contributed by atoms with Gasteiger partial charge in [0.05, 0.1) is 5.56 Å². The SMILES string of the molecule is C[C@H]1CCN(CCc2ccc(Oc3c(C(=O)c4ccccc4C(F)(F)F)sc4cc(O)ccc34)cc2)C1.Cc1cc(Cl)ccc1C(=O)c1sc2cc(O)ccc2c1Oc1ccc(CCN2CC[C@H](C)C2)cc1.Cc1cc(F)ccc1C(=O)c1sc2cc(O)ccc2c1Oc1ccc(CCN2CC[C@H](C)C2)cc1.Cc1ccc(C(=O)c2sc3cc(O)ccc3c2Oc2ccc(CCN3CC[C@H](C)C3)cc2)c(C)c1. The van der Waals surface area contributed by atoms with Gasteiger partial charge < -0.3 is 59.0 Å². The molecule has 0 saturated carbocycles. The van der Waals surface area contributed by atoms with Crippen molar-refractivity contribution < 1.29 is 76.1 Å². The Balaban J connectivity index is 0.000000130. The molecule has 0 bridgehead atoms. The van der Waals surface area contributed by atoms with E-state index < -0.39 is 23.1 Å². The number of phenols is 4. The molecule has 142 heavy (non-hydrogen) atoms. The first kappa shape index (κ1) is 101. The molecule has 4 aromatic heterocycles. The van der Waals surface area contributed by atoms with Crippen LogP contribution in [0.25, 0.3) is 40.3 Å². The van der Waals surface area contributed by atoms with Gasteiger partial charge in [-0.3, -0.25) is 19.2 Å². The van der Waals surface area contributed by atoms with Crippen LogP contribution >= 0.6 is 56.9 Å². The Hall–Kier alpha value is -12.6. The number of fused-ring (bicyclic) bond motifs is 4. The van der Waals surface area contributed by atoms with Crippen LogP contribution in [0, 0.1) is 57.2 Å². The summed E-state index contributed by atoms with van der Waals surface area (Å²) in [5, 5.41) is 43.4. The minimum Gasteiger partial charge on any atom is -0.508 e. The minimum absolute atomic E-state index is 0.00765. The number of phenolic OH excluding ortho intramolecular Hbond substituents is 4. The molecule has 4 aliphatic heterocycles. The maximum absolute atomic E-state index is 13.6. The second-order valence-corrected chi connectivity index (χ2v) is 42.8. The first-order valence-corrected chi connectivity index (χ1v) is 51.9. The summed E-state index contributed by atoms with van der Waals surface area (Å²) < 4.78 is 82.5. The topological polar surface area (TPSA) is 199 Å². The monoisotopic (exact) mass is 2000 g/mol. The zero-order chi connectivity index (χ0) is 99.7. The highest BCUT2D eigenvalue weighted by atomic mass is 35.5. The highest BCUT2D eigenvalue weighted by Crippen LogP contribution is 2.49. The number of rotatable bonds is 28. The number of aryl methyl sites for hydroxylation is 4. The fraction of sp³-hybridized carbons (Fsp3) is 0.282. The van der Waals surface area contributed by atoms with E-state index in [0.717, 1.165) is 159 Å². The number of thiophene rings is 4. The Labute approximate surface area is 845 Å². The van der Waals surface area contributed by atoms with Crippen molar-refractivity contribution in [2.45, 2.75) is 113 Å². The molecule has 732 valence electrons. The lowest BCUT2D eigenvalue weighted by molar-refractivity contribution is -0.137. The molecule has 0 spiro atoms. The van der Waals surface area contributed by atoms with E-state index >= 15 is 0 Å². The summed E-state index contributed by atoms with van der Waals surface area (Å²) >= 11 is 11.0. The van der Waals surface area contributed by atoms with E-state index in [9.17, 15) is 57.2 Å². The average molecular weight is 2010 g/mol. The molecule has 0 unspecified atom stereocenters. The smallest absolute Gasteiger partial charge is 0.417 e. The average Bonchev–Trinajstić information content (AvgIpc) is 1.68. The summed E-state index contributed by atoms with van der Waals surface area (Å²) in [4.78, 5) is 65.6. The van der Waals surface area contributed by atoms with Gasteiger partial charge in [-0.1, -0.05) is 130 Å². The van der Waals surface area contributed by atoms with Gasteiger partial charge >= 0.3 is 6.18 Å². The molecule has 4 aliphatic rings. The molecule has 4 atom stereocenters. The number of halogens is 5. The lowest BCUT2D eigenvalue weighted by Crippen LogP contribution is -2.22. The molecule has 8 heterocycles. The Morgan fingerprint density at radius 1 is 0.345 bits per heavy atom. The fourth-order valence-corrected chi connectivity index (χ4v) is 23.6. The van der Waals surface area contributed by atoms with Gasteiger partial charge in [0.25, 0.3) is 0 Å². The van der Waals surface area contributed by atoms with Crippen LogP contribution in [0.5, 0.6) is 69.0 Å². The van der Waals surface area contributed by atoms with E-state index in [-0.39, 0.29) is 56.8 Å². The quantitative estimate of drug-likeness (QED) is 0.0266. The Bertz CT molecular complexity index is 6780. The molecule has 16 nitrogen and oxygen atoms in total. The standard InChI is InChI=1S/C30H31NO3S.C29H28ClNO3S.C29H26F3NO3S.C29H28FNO3S/c1-19-4-10-25(21(3)16-19)28(33)30-29(26-11-7-23(32)17-27(26)35-30)34-24-8-5-22(6-9-24)13-15-31-14-12-20(2)18-31;1-18-11-13-31(17-18)14-12-20-3-7-23(8-4-20)34-28-25-10-6-22(32)16-26(25)35-29(28)27(33)24-9-5-21(30)15-19(24)2;1-18-12-14-33(17-18)15-13-19-6-9-21(10-7-19)36-27-23-11-8-20(34)16-25(23)37-28(27)26(35)22-4-2-3-5-24(22)29(30,31)32;1-18-11-13-31(17-18)14-12-20-3-7-23(8-4-20)34-28-25-10-6-22(32)16-26(25)35-29(28)27(33)24-9-5-21(30)15-19(24)2/h4-11,16-17,20,32H,12-15,18H2,1-3H3;3-10,15-16,18,32H,11-14,17H2,1-2H3;2-11,16,18,34H,12-15,17H2,1H3;3-10,15-16,18,32H,11-14,17H2,1-2H3/t20-;3*18-/m0000/s1. The van der Waals surface area contributed by atoms with Crippen molar-refractivity contribution in [1.82, 2.24) is 19.6 Å². The van der Waals surface area contributed by atoms with E-state index in [4.69, 9.17) is 30.5 Å². The van der Waals surface area contributed by atoms with Crippen LogP contribution in [0.2, 0.25) is 5.02 Å². The summed E-state index contributed by atoms with van der Waals surface area (Å²) in [5.74, 6) is 6.19. The summed E-state index contributed by atoms with van der Waals surface area (Å²) in [7, 11) is 0. The summed E-state index contributed by atoms with van der Waals surface area (Å²) in [6.07, 6.45) is 4.33. The van der Waals surface area contributed by atoms with Crippen molar-refractivity contribution in [3.05, 3.63) is 351 Å². The number of ether oxygens (including phenoxy) is 4. The van der Waals surface area contributed by atoms with Crippen LogP contribution in [0.4, 0.5) is 17.6 Å². The number of carbonyl (C=O) groups excluding carboxylic acids is 4. The molecule has 20 rings (SSSR count). The number of ketones is 4. The molecular formula is C117H113ClF4N4O12S4. The van der Waals surface area contributed by atoms with Crippen molar-refractivity contribution in [3.8, 4) is 69.0 Å². The zero-order valence-corrected chi connectivity index (χ0v) is 84.5. The normalized spacial score (nSPS) is 16.2. The van der Waals surface area contributed by atoms with Crippen LogP contribution in [-0.4, -0.2) is 142 Å². The maximum Gasteiger partial charge on any atom is 0.417 e. The summed E-state index contributed by atoms with van der Waals surface area (Å²) in [5.41, 5.74) is 8.64. The molecule has 0 radical (unpaired) electrons. The Morgan fingerprint density at radius 3 is 0.908 bits per heavy atom. The van der Waals surface area contributed by atoms with Gasteiger partial charge in [-0.25, -0.2) is 4.39 Å². The number of alkyl halides is 3. The molecule has 0 aliphatic carbocycles. The number of benzene rings is 12. The van der Waals surface area contributed by atoms with Gasteiger partial charge in [0.2, 0.25) is 23.1 Å². The summed E-state index contributed by atoms with van der Waals surface area (Å²) in [6, 6.07) is 71.6. The van der Waals surface area contributed by atoms with Crippen LogP contribution in [-0.2, 0) is 31.9 Å². The minimum atomic E-state index is -4.68. The van der Waals surface area contributed by atoms with Gasteiger partial charge in [0, 0.05) is 120 Å². The van der Waals surface area contributed by atoms with Gasteiger partial charge in [-0.05, 0) is 332 Å². The van der Waals surface area contributed by atoms with Crippen molar-refractivity contribution >= 4 is 120 Å². The van der Waals surface area contributed by atoms with E-state index in [1.807, 2.05) is 106 Å². The third kappa shape index (κ3) is 24.6. The number of hydrogen-bond donors (Lipinski definition) is 4. The molecule has 25 heteroatoms. The van der Waals surface area contributed by atoms with E-state index in [1.165, 1.54) is 164 Å². The lowest BCUT2D eigenvalue weighted by Gasteiger charge is -2.15. The second-order valence-electron chi connectivity index (χ2n) is 38.1. The first-order chi connectivity index (χ1) is 68.3. The van der Waals surface area contributed by atoms with Crippen LogP contribution < -0.4 is 18.9 Å². The molecule has 4 saturated heterocycles. The number of nitrogens with zero attached hydrogens (tertiary/aromatic N) is 4. The van der Waals surface area contributed by atoms with Gasteiger partial charge in [0.15, 0.2) is 23.0 Å². The molecule has 0 amide bonds. The highest BCUT2D eigenvalue weighted by Gasteiger charge is 2.38. The first-order valence-electron chi connectivity index (χ1n) is 48.2. The Morgan fingerprint density at radius 2 is 0.627 bits per heavy atom. The van der Waals surface area contributed by atoms with Crippen molar-refractivity contribution in [2.24, 2.45) is 23.7 Å². The predicted octanol–water partition coefficient (Wildman–Crippen LogP) is 29.1. The number of aromatic hydroxyl groups is 4. The molecule has 16 aromatic rings. The van der Waals surface area contributed by atoms with Crippen molar-refractivity contribution in [3.63, 3.8) is 0 Å². The maximum atomic E-state index is 13.6. The zero-order valence-electron chi connectivity index (χ0n) is 80.5. The van der Waals surface area contributed by atoms with Crippen LogP contribution in [0.15, 0.2) is 249 Å². The van der Waals surface area contributed by atoms with Crippen LogP contribution in [0.1, 0.15) is 164 Å².